The van der Waals surface area contributed by atoms with Gasteiger partial charge in [0.1, 0.15) is 5.75 Å². The van der Waals surface area contributed by atoms with Crippen molar-refractivity contribution < 1.29 is 18.3 Å². The Hall–Kier alpha value is -3.52. The summed E-state index contributed by atoms with van der Waals surface area (Å²) in [6.07, 6.45) is 0. The summed E-state index contributed by atoms with van der Waals surface area (Å²) in [5, 5.41) is 0.709. The highest BCUT2D eigenvalue weighted by Crippen LogP contribution is 2.28. The number of methoxy groups -OCH3 is 1. The molecule has 4 aromatic rings. The lowest BCUT2D eigenvalue weighted by Gasteiger charge is -2.16. The summed E-state index contributed by atoms with van der Waals surface area (Å²) in [6.45, 7) is 1.89. The predicted molar refractivity (Wildman–Crippen MR) is 120 cm³/mol. The standard InChI is InChI=1S/C24H18F2N2O3S/c1-14-7-10-22(31-2)20(11-14)28-23(30)16-5-3-4-6-19(16)27-24(28)32-13-21(29)15-8-9-17(25)18(26)12-15/h3-12H,13H2,1-2H3. The lowest BCUT2D eigenvalue weighted by Crippen LogP contribution is -2.23. The van der Waals surface area contributed by atoms with Crippen molar-refractivity contribution in [2.24, 2.45) is 0 Å². The van der Waals surface area contributed by atoms with Crippen LogP contribution in [-0.2, 0) is 0 Å². The van der Waals surface area contributed by atoms with E-state index in [4.69, 9.17) is 4.74 Å². The number of carbonyl (C=O) groups is 1. The molecule has 0 radical (unpaired) electrons. The molecule has 0 atom stereocenters. The Morgan fingerprint density at radius 3 is 2.59 bits per heavy atom. The summed E-state index contributed by atoms with van der Waals surface area (Å²) < 4.78 is 33.6. The predicted octanol–water partition coefficient (Wildman–Crippen LogP) is 4.96. The number of Topliss-reactive ketones (excluding diaryl/α,β-unsaturated/α-hetero) is 1. The van der Waals surface area contributed by atoms with Crippen LogP contribution in [0.3, 0.4) is 0 Å². The highest BCUT2D eigenvalue weighted by molar-refractivity contribution is 7.99. The fraction of sp³-hybridized carbons (Fsp3) is 0.125. The minimum atomic E-state index is -1.09. The maximum atomic E-state index is 13.5. The van der Waals surface area contributed by atoms with Crippen molar-refractivity contribution >= 4 is 28.4 Å². The molecule has 0 spiro atoms. The van der Waals surface area contributed by atoms with Crippen molar-refractivity contribution in [3.8, 4) is 11.4 Å². The van der Waals surface area contributed by atoms with Gasteiger partial charge in [0.05, 0.1) is 29.5 Å². The highest BCUT2D eigenvalue weighted by atomic mass is 32.2. The number of aryl methyl sites for hydroxylation is 1. The zero-order valence-corrected chi connectivity index (χ0v) is 18.1. The third-order valence-electron chi connectivity index (χ3n) is 4.89. The van der Waals surface area contributed by atoms with Crippen LogP contribution in [-0.4, -0.2) is 28.2 Å². The molecule has 0 aliphatic carbocycles. The fourth-order valence-corrected chi connectivity index (χ4v) is 4.18. The fourth-order valence-electron chi connectivity index (χ4n) is 3.28. The minimum absolute atomic E-state index is 0.0409. The van der Waals surface area contributed by atoms with Gasteiger partial charge in [0.25, 0.3) is 5.56 Å². The number of hydrogen-bond donors (Lipinski definition) is 0. The van der Waals surface area contributed by atoms with Crippen LogP contribution in [0, 0.1) is 18.6 Å². The Kier molecular flexibility index (Phi) is 6.05. The molecular weight excluding hydrogens is 434 g/mol. The second kappa shape index (κ2) is 8.92. The molecule has 1 aromatic heterocycles. The molecular formula is C24H18F2N2O3S. The number of thioether (sulfide) groups is 1. The van der Waals surface area contributed by atoms with E-state index in [0.29, 0.717) is 22.3 Å². The number of ketones is 1. The van der Waals surface area contributed by atoms with E-state index in [1.165, 1.54) is 17.7 Å². The molecule has 0 bridgehead atoms. The Morgan fingerprint density at radius 1 is 1.06 bits per heavy atom. The van der Waals surface area contributed by atoms with E-state index in [0.717, 1.165) is 29.5 Å². The molecule has 32 heavy (non-hydrogen) atoms. The van der Waals surface area contributed by atoms with Crippen LogP contribution in [0.15, 0.2) is 70.6 Å². The van der Waals surface area contributed by atoms with Gasteiger partial charge in [-0.15, -0.1) is 0 Å². The van der Waals surface area contributed by atoms with Gasteiger partial charge in [-0.2, -0.15) is 0 Å². The summed E-state index contributed by atoms with van der Waals surface area (Å²) >= 11 is 1.04. The SMILES string of the molecule is COc1ccc(C)cc1-n1c(SCC(=O)c2ccc(F)c(F)c2)nc2ccccc2c1=O. The van der Waals surface area contributed by atoms with Crippen LogP contribution >= 0.6 is 11.8 Å². The van der Waals surface area contributed by atoms with E-state index in [-0.39, 0.29) is 22.0 Å². The molecule has 0 fully saturated rings. The first kappa shape index (κ1) is 21.7. The van der Waals surface area contributed by atoms with Gasteiger partial charge < -0.3 is 4.74 Å². The lowest BCUT2D eigenvalue weighted by atomic mass is 10.1. The second-order valence-corrected chi connectivity index (χ2v) is 8.01. The maximum absolute atomic E-state index is 13.5. The molecule has 0 saturated heterocycles. The van der Waals surface area contributed by atoms with E-state index in [2.05, 4.69) is 4.98 Å². The van der Waals surface area contributed by atoms with Crippen molar-refractivity contribution in [2.45, 2.75) is 12.1 Å². The second-order valence-electron chi connectivity index (χ2n) is 7.07. The van der Waals surface area contributed by atoms with E-state index in [1.54, 1.807) is 36.4 Å². The van der Waals surface area contributed by atoms with Gasteiger partial charge in [-0.05, 0) is 55.0 Å². The highest BCUT2D eigenvalue weighted by Gasteiger charge is 2.18. The third-order valence-corrected chi connectivity index (χ3v) is 5.83. The normalized spacial score (nSPS) is 11.0. The van der Waals surface area contributed by atoms with E-state index in [9.17, 15) is 18.4 Å². The van der Waals surface area contributed by atoms with Crippen LogP contribution in [0.2, 0.25) is 0 Å². The van der Waals surface area contributed by atoms with Crippen molar-refractivity contribution in [1.29, 1.82) is 0 Å². The summed E-state index contributed by atoms with van der Waals surface area (Å²) in [5.41, 5.74) is 1.64. The molecule has 0 aliphatic rings. The van der Waals surface area contributed by atoms with Gasteiger partial charge >= 0.3 is 0 Å². The summed E-state index contributed by atoms with van der Waals surface area (Å²) in [5.74, 6) is -2.18. The summed E-state index contributed by atoms with van der Waals surface area (Å²) in [4.78, 5) is 30.6. The molecule has 0 amide bonds. The molecule has 0 saturated carbocycles. The van der Waals surface area contributed by atoms with Gasteiger partial charge in [-0.25, -0.2) is 13.8 Å². The number of nitrogens with zero attached hydrogens (tertiary/aromatic N) is 2. The van der Waals surface area contributed by atoms with Crippen LogP contribution in [0.25, 0.3) is 16.6 Å². The zero-order valence-electron chi connectivity index (χ0n) is 17.3. The van der Waals surface area contributed by atoms with Crippen LogP contribution in [0.1, 0.15) is 15.9 Å². The number of para-hydroxylation sites is 1. The van der Waals surface area contributed by atoms with Gasteiger partial charge in [0, 0.05) is 5.56 Å². The van der Waals surface area contributed by atoms with Crippen LogP contribution in [0.4, 0.5) is 8.78 Å². The van der Waals surface area contributed by atoms with Crippen LogP contribution in [0.5, 0.6) is 5.75 Å². The quantitative estimate of drug-likeness (QED) is 0.235. The molecule has 1 heterocycles. The number of ether oxygens (including phenoxy) is 1. The first-order valence-corrected chi connectivity index (χ1v) is 10.7. The molecule has 0 N–H and O–H groups in total. The smallest absolute Gasteiger partial charge is 0.266 e. The van der Waals surface area contributed by atoms with Gasteiger partial charge in [0.2, 0.25) is 0 Å². The van der Waals surface area contributed by atoms with Gasteiger partial charge in [-0.1, -0.05) is 30.0 Å². The topological polar surface area (TPSA) is 61.2 Å². The van der Waals surface area contributed by atoms with Gasteiger partial charge in [0.15, 0.2) is 22.6 Å². The number of carbonyl (C=O) groups excluding carboxylic acids is 1. The zero-order chi connectivity index (χ0) is 22.8. The Labute approximate surface area is 186 Å². The number of rotatable bonds is 6. The van der Waals surface area contributed by atoms with E-state index >= 15 is 0 Å². The van der Waals surface area contributed by atoms with E-state index < -0.39 is 17.4 Å². The van der Waals surface area contributed by atoms with Crippen molar-refractivity contribution in [1.82, 2.24) is 9.55 Å². The molecule has 8 heteroatoms. The van der Waals surface area contributed by atoms with Crippen LogP contribution < -0.4 is 10.3 Å². The number of aromatic nitrogens is 2. The molecule has 162 valence electrons. The third kappa shape index (κ3) is 4.13. The minimum Gasteiger partial charge on any atom is -0.495 e. The molecule has 0 aliphatic heterocycles. The number of fused-ring (bicyclic) bond motifs is 1. The molecule has 3 aromatic carbocycles. The maximum Gasteiger partial charge on any atom is 0.266 e. The van der Waals surface area contributed by atoms with Crippen molar-refractivity contribution in [3.63, 3.8) is 0 Å². The summed E-state index contributed by atoms with van der Waals surface area (Å²) in [7, 11) is 1.51. The molecule has 4 rings (SSSR count). The van der Waals surface area contributed by atoms with Gasteiger partial charge in [-0.3, -0.25) is 14.2 Å². The first-order valence-electron chi connectivity index (χ1n) is 9.67. The Bertz CT molecular complexity index is 1400. The van der Waals surface area contributed by atoms with Crippen molar-refractivity contribution in [3.05, 3.63) is 93.8 Å². The average Bonchev–Trinajstić information content (AvgIpc) is 2.79. The summed E-state index contributed by atoms with van der Waals surface area (Å²) in [6, 6.07) is 15.4. The number of halogens is 2. The number of hydrogen-bond acceptors (Lipinski definition) is 5. The van der Waals surface area contributed by atoms with Crippen molar-refractivity contribution in [2.75, 3.05) is 12.9 Å². The number of benzene rings is 3. The Balaban J connectivity index is 1.81. The largest absolute Gasteiger partial charge is 0.495 e. The lowest BCUT2D eigenvalue weighted by molar-refractivity contribution is 0.102. The molecule has 0 unspecified atom stereocenters. The average molecular weight is 452 g/mol. The first-order chi connectivity index (χ1) is 15.4. The molecule has 5 nitrogen and oxygen atoms in total. The Morgan fingerprint density at radius 2 is 1.84 bits per heavy atom. The monoisotopic (exact) mass is 452 g/mol. The van der Waals surface area contributed by atoms with E-state index in [1.807, 2.05) is 13.0 Å².